The molecule has 2 heterocycles. The van der Waals surface area contributed by atoms with Crippen LogP contribution in [0.25, 0.3) is 11.3 Å². The van der Waals surface area contributed by atoms with E-state index in [9.17, 15) is 0 Å². The van der Waals surface area contributed by atoms with Crippen LogP contribution in [0.5, 0.6) is 0 Å². The summed E-state index contributed by atoms with van der Waals surface area (Å²) < 4.78 is 0. The molecule has 94 valence electrons. The molecule has 0 saturated heterocycles. The van der Waals surface area contributed by atoms with Crippen molar-refractivity contribution in [2.75, 3.05) is 12.4 Å². The number of hydrogen-bond donors (Lipinski definition) is 1. The largest absolute Gasteiger partial charge is 0.373 e. The molecule has 0 aliphatic carbocycles. The molecule has 18 heavy (non-hydrogen) atoms. The number of nitrogens with zero attached hydrogens (tertiary/aromatic N) is 4. The first kappa shape index (κ1) is 12.4. The van der Waals surface area contributed by atoms with E-state index in [2.05, 4.69) is 32.2 Å². The van der Waals surface area contributed by atoms with Crippen molar-refractivity contribution >= 4 is 5.82 Å². The van der Waals surface area contributed by atoms with Gasteiger partial charge in [-0.2, -0.15) is 0 Å². The van der Waals surface area contributed by atoms with E-state index in [0.717, 1.165) is 41.3 Å². The summed E-state index contributed by atoms with van der Waals surface area (Å²) in [5.74, 6) is 1.72. The minimum absolute atomic E-state index is 0.853. The number of aromatic nitrogens is 4. The van der Waals surface area contributed by atoms with Gasteiger partial charge in [-0.1, -0.05) is 6.92 Å². The van der Waals surface area contributed by atoms with Gasteiger partial charge >= 0.3 is 0 Å². The van der Waals surface area contributed by atoms with Crippen LogP contribution in [0.3, 0.4) is 0 Å². The Morgan fingerprint density at radius 2 is 1.89 bits per heavy atom. The van der Waals surface area contributed by atoms with Crippen LogP contribution in [0.1, 0.15) is 24.7 Å². The molecule has 2 aromatic rings. The van der Waals surface area contributed by atoms with Gasteiger partial charge in [-0.05, 0) is 13.3 Å². The van der Waals surface area contributed by atoms with Crippen molar-refractivity contribution in [3.63, 3.8) is 0 Å². The highest BCUT2D eigenvalue weighted by Gasteiger charge is 2.11. The molecule has 2 rings (SSSR count). The summed E-state index contributed by atoms with van der Waals surface area (Å²) in [5.41, 5.74) is 2.84. The molecule has 1 N–H and O–H groups in total. The zero-order valence-electron chi connectivity index (χ0n) is 10.9. The van der Waals surface area contributed by atoms with Crippen LogP contribution in [0.2, 0.25) is 0 Å². The van der Waals surface area contributed by atoms with Crippen molar-refractivity contribution in [3.05, 3.63) is 30.1 Å². The Labute approximate surface area is 107 Å². The van der Waals surface area contributed by atoms with Crippen molar-refractivity contribution in [2.24, 2.45) is 0 Å². The Kier molecular flexibility index (Phi) is 3.82. The minimum Gasteiger partial charge on any atom is -0.373 e. The molecule has 5 nitrogen and oxygen atoms in total. The summed E-state index contributed by atoms with van der Waals surface area (Å²) in [7, 11) is 1.87. The molecule has 0 spiro atoms. The van der Waals surface area contributed by atoms with Crippen molar-refractivity contribution < 1.29 is 0 Å². The summed E-state index contributed by atoms with van der Waals surface area (Å²) in [6.45, 7) is 4.12. The lowest BCUT2D eigenvalue weighted by atomic mass is 10.1. The highest BCUT2D eigenvalue weighted by molar-refractivity contribution is 5.66. The maximum Gasteiger partial charge on any atom is 0.133 e. The predicted molar refractivity (Wildman–Crippen MR) is 71.3 cm³/mol. The average molecular weight is 243 g/mol. The highest BCUT2D eigenvalue weighted by atomic mass is 15.0. The van der Waals surface area contributed by atoms with Gasteiger partial charge in [0.2, 0.25) is 0 Å². The molecule has 0 aromatic carbocycles. The van der Waals surface area contributed by atoms with Crippen molar-refractivity contribution in [1.29, 1.82) is 0 Å². The molecule has 0 unspecified atom stereocenters. The fraction of sp³-hybridized carbons (Fsp3) is 0.385. The number of aryl methyl sites for hydroxylation is 1. The number of hydrogen-bond acceptors (Lipinski definition) is 5. The molecule has 0 radical (unpaired) electrons. The molecule has 0 fully saturated rings. The summed E-state index contributed by atoms with van der Waals surface area (Å²) in [4.78, 5) is 17.2. The SMILES string of the molecule is CCCc1nc(NC)c(C)c(-c2cncnc2)n1. The predicted octanol–water partition coefficient (Wildman–Crippen LogP) is 2.24. The Morgan fingerprint density at radius 1 is 1.17 bits per heavy atom. The van der Waals surface area contributed by atoms with Gasteiger partial charge in [0.1, 0.15) is 18.0 Å². The van der Waals surface area contributed by atoms with Crippen LogP contribution in [0.15, 0.2) is 18.7 Å². The maximum atomic E-state index is 4.61. The summed E-state index contributed by atoms with van der Waals surface area (Å²) in [5, 5.41) is 3.11. The molecule has 0 saturated carbocycles. The van der Waals surface area contributed by atoms with Crippen molar-refractivity contribution in [1.82, 2.24) is 19.9 Å². The zero-order valence-corrected chi connectivity index (χ0v) is 10.9. The third-order valence-electron chi connectivity index (χ3n) is 2.74. The lowest BCUT2D eigenvalue weighted by Gasteiger charge is -2.11. The lowest BCUT2D eigenvalue weighted by molar-refractivity contribution is 0.834. The van der Waals surface area contributed by atoms with Gasteiger partial charge in [-0.25, -0.2) is 19.9 Å². The van der Waals surface area contributed by atoms with Crippen LogP contribution >= 0.6 is 0 Å². The van der Waals surface area contributed by atoms with E-state index >= 15 is 0 Å². The summed E-state index contributed by atoms with van der Waals surface area (Å²) in [6, 6.07) is 0. The fourth-order valence-corrected chi connectivity index (χ4v) is 1.84. The Morgan fingerprint density at radius 3 is 2.50 bits per heavy atom. The molecule has 5 heteroatoms. The topological polar surface area (TPSA) is 63.6 Å². The molecule has 2 aromatic heterocycles. The Hall–Kier alpha value is -2.04. The van der Waals surface area contributed by atoms with Gasteiger partial charge in [-0.3, -0.25) is 0 Å². The van der Waals surface area contributed by atoms with E-state index < -0.39 is 0 Å². The van der Waals surface area contributed by atoms with Gasteiger partial charge in [0.25, 0.3) is 0 Å². The van der Waals surface area contributed by atoms with Crippen LogP contribution in [0.4, 0.5) is 5.82 Å². The van der Waals surface area contributed by atoms with E-state index in [1.54, 1.807) is 12.4 Å². The quantitative estimate of drug-likeness (QED) is 0.892. The number of anilines is 1. The van der Waals surface area contributed by atoms with Gasteiger partial charge in [-0.15, -0.1) is 0 Å². The van der Waals surface area contributed by atoms with Crippen LogP contribution in [-0.4, -0.2) is 27.0 Å². The first-order valence-corrected chi connectivity index (χ1v) is 6.07. The minimum atomic E-state index is 0.853. The van der Waals surface area contributed by atoms with E-state index in [4.69, 9.17) is 0 Å². The van der Waals surface area contributed by atoms with Crippen molar-refractivity contribution in [3.8, 4) is 11.3 Å². The van der Waals surface area contributed by atoms with Gasteiger partial charge in [0.15, 0.2) is 0 Å². The third-order valence-corrected chi connectivity index (χ3v) is 2.74. The van der Waals surface area contributed by atoms with Crippen LogP contribution in [0, 0.1) is 6.92 Å². The zero-order chi connectivity index (χ0) is 13.0. The summed E-state index contributed by atoms with van der Waals surface area (Å²) in [6.07, 6.45) is 6.97. The van der Waals surface area contributed by atoms with E-state index in [1.165, 1.54) is 6.33 Å². The normalized spacial score (nSPS) is 10.4. The molecule has 0 amide bonds. The number of nitrogens with one attached hydrogen (secondary N) is 1. The van der Waals surface area contributed by atoms with Gasteiger partial charge in [0.05, 0.1) is 5.69 Å². The monoisotopic (exact) mass is 243 g/mol. The molecule has 0 aliphatic heterocycles. The lowest BCUT2D eigenvalue weighted by Crippen LogP contribution is -2.05. The van der Waals surface area contributed by atoms with Crippen molar-refractivity contribution in [2.45, 2.75) is 26.7 Å². The fourth-order valence-electron chi connectivity index (χ4n) is 1.84. The van der Waals surface area contributed by atoms with E-state index in [0.29, 0.717) is 0 Å². The average Bonchev–Trinajstić information content (AvgIpc) is 2.42. The van der Waals surface area contributed by atoms with Gasteiger partial charge in [0, 0.05) is 37.0 Å². The first-order chi connectivity index (χ1) is 8.76. The van der Waals surface area contributed by atoms with Crippen LogP contribution < -0.4 is 5.32 Å². The summed E-state index contributed by atoms with van der Waals surface area (Å²) >= 11 is 0. The third kappa shape index (κ3) is 2.45. The molecule has 0 bridgehead atoms. The van der Waals surface area contributed by atoms with Crippen LogP contribution in [-0.2, 0) is 6.42 Å². The highest BCUT2D eigenvalue weighted by Crippen LogP contribution is 2.24. The molecular weight excluding hydrogens is 226 g/mol. The molecule has 0 aliphatic rings. The maximum absolute atomic E-state index is 4.61. The number of rotatable bonds is 4. The second-order valence-corrected chi connectivity index (χ2v) is 4.09. The smallest absolute Gasteiger partial charge is 0.133 e. The first-order valence-electron chi connectivity index (χ1n) is 6.07. The Balaban J connectivity index is 2.55. The standard InChI is InChI=1S/C13H17N5/c1-4-5-11-17-12(9(2)13(14-3)18-11)10-6-15-8-16-7-10/h6-8H,4-5H2,1-3H3,(H,14,17,18). The molecular formula is C13H17N5. The van der Waals surface area contributed by atoms with Gasteiger partial charge < -0.3 is 5.32 Å². The van der Waals surface area contributed by atoms with E-state index in [1.807, 2.05) is 14.0 Å². The second kappa shape index (κ2) is 5.53. The molecule has 0 atom stereocenters. The Bertz CT molecular complexity index is 524. The second-order valence-electron chi connectivity index (χ2n) is 4.09. The van der Waals surface area contributed by atoms with E-state index in [-0.39, 0.29) is 0 Å².